The summed E-state index contributed by atoms with van der Waals surface area (Å²) >= 11 is 0. The van der Waals surface area contributed by atoms with Gasteiger partial charge in [-0.05, 0) is 218 Å². The van der Waals surface area contributed by atoms with Crippen molar-refractivity contribution in [3.05, 3.63) is 381 Å². The van der Waals surface area contributed by atoms with Gasteiger partial charge >= 0.3 is 0 Å². The van der Waals surface area contributed by atoms with Gasteiger partial charge in [-0.1, -0.05) is 347 Å². The maximum Gasteiger partial charge on any atom is -0.0132 e. The van der Waals surface area contributed by atoms with Crippen molar-refractivity contribution < 1.29 is 0 Å². The smallest absolute Gasteiger partial charge is 0.0132 e. The molecule has 0 fully saturated rings. The molecule has 0 amide bonds. The molecule has 0 N–H and O–H groups in total. The summed E-state index contributed by atoms with van der Waals surface area (Å²) in [4.78, 5) is 0. The van der Waals surface area contributed by atoms with Crippen molar-refractivity contribution in [1.29, 1.82) is 0 Å². The van der Waals surface area contributed by atoms with E-state index in [2.05, 4.69) is 359 Å². The highest BCUT2D eigenvalue weighted by Gasteiger charge is 2.12. The van der Waals surface area contributed by atoms with Crippen LogP contribution in [0, 0.1) is 76.2 Å². The zero-order valence-electron chi connectivity index (χ0n) is 59.2. The minimum Gasteiger partial charge on any atom is -0.0871 e. The zero-order valence-corrected chi connectivity index (χ0v) is 59.2. The predicted molar refractivity (Wildman–Crippen MR) is 418 cm³/mol. The number of allylic oxidation sites excluding steroid dienone is 2. The monoisotopic (exact) mass is 1220 g/mol. The van der Waals surface area contributed by atoms with E-state index in [9.17, 15) is 0 Å². The molecule has 0 spiro atoms. The van der Waals surface area contributed by atoms with E-state index in [1.165, 1.54) is 127 Å². The first-order valence-corrected chi connectivity index (χ1v) is 33.0. The molecule has 0 saturated heterocycles. The van der Waals surface area contributed by atoms with Crippen molar-refractivity contribution >= 4 is 55.2 Å². The molecule has 0 aromatic heterocycles. The molecule has 476 valence electrons. The average molecular weight is 1220 g/mol. The molecule has 13 rings (SSSR count). The molecule has 13 aromatic carbocycles. The lowest BCUT2D eigenvalue weighted by Crippen LogP contribution is -2.10. The van der Waals surface area contributed by atoms with Gasteiger partial charge in [0.1, 0.15) is 0 Å². The summed E-state index contributed by atoms with van der Waals surface area (Å²) in [5.74, 6) is 0. The summed E-state index contributed by atoms with van der Waals surface area (Å²) < 4.78 is 0. The van der Waals surface area contributed by atoms with Crippen LogP contribution in [-0.2, 0) is 11.8 Å². The fourth-order valence-electron chi connectivity index (χ4n) is 10.2. The van der Waals surface area contributed by atoms with Crippen molar-refractivity contribution in [1.82, 2.24) is 0 Å². The van der Waals surface area contributed by atoms with Crippen LogP contribution in [-0.4, -0.2) is 0 Å². The normalized spacial score (nSPS) is 10.4. The van der Waals surface area contributed by atoms with Gasteiger partial charge in [0.05, 0.1) is 0 Å². The third-order valence-corrected chi connectivity index (χ3v) is 16.1. The van der Waals surface area contributed by atoms with E-state index in [0.717, 1.165) is 6.42 Å². The Hall–Kier alpha value is -9.62. The second-order valence-electron chi connectivity index (χ2n) is 25.0. The van der Waals surface area contributed by atoms with Crippen LogP contribution in [0.5, 0.6) is 0 Å². The zero-order chi connectivity index (χ0) is 67.5. The highest BCUT2D eigenvalue weighted by atomic mass is 14.2. The van der Waals surface area contributed by atoms with Crippen LogP contribution < -0.4 is 0 Å². The Kier molecular flexibility index (Phi) is 31.6. The van der Waals surface area contributed by atoms with Crippen molar-refractivity contribution in [3.8, 4) is 0 Å². The van der Waals surface area contributed by atoms with Gasteiger partial charge in [0.2, 0.25) is 0 Å². The molecule has 0 heteroatoms. The first-order chi connectivity index (χ1) is 44.7. The van der Waals surface area contributed by atoms with Crippen LogP contribution in [0.25, 0.3) is 55.2 Å². The van der Waals surface area contributed by atoms with E-state index < -0.39 is 0 Å². The van der Waals surface area contributed by atoms with Gasteiger partial charge < -0.3 is 0 Å². The molecule has 0 aliphatic rings. The minimum atomic E-state index is 0.285. The minimum absolute atomic E-state index is 0.285. The quantitative estimate of drug-likeness (QED) is 0.155. The molecular formula is C93H104. The number of hydrogen-bond donors (Lipinski definition) is 0. The highest BCUT2D eigenvalue weighted by Crippen LogP contribution is 2.26. The summed E-state index contributed by atoms with van der Waals surface area (Å²) in [5, 5.41) is 10.6. The molecule has 0 unspecified atom stereocenters. The largest absolute Gasteiger partial charge is 0.0871 e. The van der Waals surface area contributed by atoms with Crippen LogP contribution in [0.15, 0.2) is 297 Å². The Bertz CT molecular complexity index is 4240. The van der Waals surface area contributed by atoms with Crippen molar-refractivity contribution in [2.45, 2.75) is 130 Å². The Morgan fingerprint density at radius 2 is 0.667 bits per heavy atom. The lowest BCUT2D eigenvalue weighted by molar-refractivity contribution is 0.590. The number of hydrogen-bond acceptors (Lipinski definition) is 0. The number of benzene rings is 13. The first-order valence-electron chi connectivity index (χ1n) is 33.0. The lowest BCUT2D eigenvalue weighted by atomic mass is 9.87. The van der Waals surface area contributed by atoms with E-state index in [1.54, 1.807) is 0 Å². The number of fused-ring (bicyclic) bond motifs is 4. The van der Waals surface area contributed by atoms with Crippen molar-refractivity contribution in [2.24, 2.45) is 0 Å². The summed E-state index contributed by atoms with van der Waals surface area (Å²) in [6.45, 7) is 36.5. The van der Waals surface area contributed by atoms with E-state index in [-0.39, 0.29) is 5.41 Å². The summed E-state index contributed by atoms with van der Waals surface area (Å²) in [7, 11) is 0. The molecule has 0 radical (unpaired) electrons. The molecular weight excluding hydrogens is 1120 g/mol. The van der Waals surface area contributed by atoms with Crippen LogP contribution in [0.4, 0.5) is 0 Å². The Labute approximate surface area is 562 Å². The third kappa shape index (κ3) is 26.6. The first kappa shape index (κ1) is 74.1. The van der Waals surface area contributed by atoms with Crippen LogP contribution in [0.1, 0.15) is 125 Å². The van der Waals surface area contributed by atoms with Gasteiger partial charge in [-0.3, -0.25) is 0 Å². The summed E-state index contributed by atoms with van der Waals surface area (Å²) in [6, 6.07) is 99.9. The molecule has 13 aromatic rings. The van der Waals surface area contributed by atoms with Crippen molar-refractivity contribution in [3.63, 3.8) is 0 Å². The predicted octanol–water partition coefficient (Wildman–Crippen LogP) is 27.1. The average Bonchev–Trinajstić information content (AvgIpc) is 0.837. The van der Waals surface area contributed by atoms with E-state index in [0.29, 0.717) is 0 Å². The van der Waals surface area contributed by atoms with Gasteiger partial charge in [-0.25, -0.2) is 0 Å². The van der Waals surface area contributed by atoms with Gasteiger partial charge in [0, 0.05) is 0 Å². The van der Waals surface area contributed by atoms with Crippen LogP contribution in [0.2, 0.25) is 0 Å². The molecule has 0 heterocycles. The molecule has 93 heavy (non-hydrogen) atoms. The van der Waals surface area contributed by atoms with Crippen LogP contribution >= 0.6 is 0 Å². The van der Waals surface area contributed by atoms with E-state index in [4.69, 9.17) is 0 Å². The summed E-state index contributed by atoms with van der Waals surface area (Å²) in [6.07, 6.45) is 9.38. The lowest BCUT2D eigenvalue weighted by Gasteiger charge is -2.18. The fourth-order valence-corrected chi connectivity index (χ4v) is 10.2. The fraction of sp³-hybridized carbons (Fsp3) is 0.204. The Balaban J connectivity index is 0.000000191. The molecule has 0 aliphatic heterocycles. The van der Waals surface area contributed by atoms with E-state index in [1.807, 2.05) is 68.5 Å². The number of aryl methyl sites for hydroxylation is 11. The van der Waals surface area contributed by atoms with Gasteiger partial charge in [-0.15, -0.1) is 0 Å². The molecule has 0 nitrogen and oxygen atoms in total. The molecule has 0 saturated carbocycles. The summed E-state index contributed by atoms with van der Waals surface area (Å²) in [5.41, 5.74) is 20.7. The molecule has 0 aliphatic carbocycles. The maximum absolute atomic E-state index is 2.28. The Morgan fingerprint density at radius 3 is 1.14 bits per heavy atom. The van der Waals surface area contributed by atoms with E-state index >= 15 is 0 Å². The van der Waals surface area contributed by atoms with Gasteiger partial charge in [-0.2, -0.15) is 0 Å². The third-order valence-electron chi connectivity index (χ3n) is 16.1. The highest BCUT2D eigenvalue weighted by molar-refractivity contribution is 5.99. The van der Waals surface area contributed by atoms with Crippen molar-refractivity contribution in [2.75, 3.05) is 0 Å². The van der Waals surface area contributed by atoms with Gasteiger partial charge in [0.25, 0.3) is 0 Å². The van der Waals surface area contributed by atoms with Gasteiger partial charge in [0.15, 0.2) is 0 Å². The SMILES string of the molecule is C/C=C/c1ccccc1.C/C=C\c1ccccc1.CCc1ccccc1.Cc1cc(C)c(C)c(C)c1.Cc1ccc(C(C)(C)C)cc1.Cc1ccc(C)c(C)c1.Cc1ccc2ccccc2c1.Cc1cccc2cc3ccccc3cc12.Cc1cccc2ccccc12. The second kappa shape index (κ2) is 39.6. The second-order valence-corrected chi connectivity index (χ2v) is 25.0. The van der Waals surface area contributed by atoms with Crippen LogP contribution in [0.3, 0.4) is 0 Å². The molecule has 0 bridgehead atoms. The number of rotatable bonds is 3. The standard InChI is InChI=1S/C15H12.2C11H10.C11H16.C10H14.C9H12.2C9H10.C8H10/c1-11-5-4-8-14-9-12-6-2-3-7-13(12)10-15(11)14;1-9-5-4-7-10-6-2-3-8-11(9)10;1-9-6-7-10-4-2-3-5-11(10)8-9;1-9-5-7-10(8-6-9)11(2,3)4;1-7-5-8(2)10(4)9(3)6-7;1-7-4-5-8(2)9(3)6-7;2*1-2-6-9-7-4-3-5-8-9;1-2-8-6-4-3-5-7-8/h2-10H,1H3;2*2-8H,1H3;5-8H,1-4H3;5-6H,1-4H3;4-6H,1-3H3;2*2-8H,1H3;3-7H,2H2,1H3/b;;;;;;6-2+;6-2-;. The Morgan fingerprint density at radius 1 is 0.269 bits per heavy atom. The molecule has 0 atom stereocenters. The topological polar surface area (TPSA) is 0 Å². The maximum atomic E-state index is 2.28.